The van der Waals surface area contributed by atoms with E-state index in [1.807, 2.05) is 6.92 Å². The largest absolute Gasteiger partial charge is 0.437 e. The third-order valence-corrected chi connectivity index (χ3v) is 3.75. The van der Waals surface area contributed by atoms with Crippen LogP contribution in [0.1, 0.15) is 13.3 Å². The third-order valence-electron chi connectivity index (χ3n) is 2.55. The zero-order chi connectivity index (χ0) is 15.4. The van der Waals surface area contributed by atoms with Gasteiger partial charge in [0.25, 0.3) is 0 Å². The molecule has 21 heavy (non-hydrogen) atoms. The average Bonchev–Trinajstić information content (AvgIpc) is 2.44. The molecule has 0 aliphatic carbocycles. The van der Waals surface area contributed by atoms with Crippen LogP contribution in [0.2, 0.25) is 10.0 Å². The molecule has 0 aliphatic heterocycles. The number of anilines is 1. The van der Waals surface area contributed by atoms with Crippen LogP contribution in [0.25, 0.3) is 0 Å². The van der Waals surface area contributed by atoms with Crippen molar-refractivity contribution in [1.82, 2.24) is 4.98 Å². The summed E-state index contributed by atoms with van der Waals surface area (Å²) >= 11 is 15.2. The Labute approximate surface area is 140 Å². The molecule has 1 aromatic heterocycles. The van der Waals surface area contributed by atoms with Gasteiger partial charge in [-0.15, -0.1) is 0 Å². The van der Waals surface area contributed by atoms with E-state index in [9.17, 15) is 4.39 Å². The maximum absolute atomic E-state index is 13.5. The summed E-state index contributed by atoms with van der Waals surface area (Å²) in [4.78, 5) is 4.23. The van der Waals surface area contributed by atoms with Crippen molar-refractivity contribution in [2.24, 2.45) is 0 Å². The summed E-state index contributed by atoms with van der Waals surface area (Å²) in [5, 5.41) is 3.73. The van der Waals surface area contributed by atoms with Gasteiger partial charge in [-0.05, 0) is 40.5 Å². The molecule has 0 bridgehead atoms. The monoisotopic (exact) mass is 392 g/mol. The Bertz CT molecular complexity index is 655. The minimum absolute atomic E-state index is 0.168. The zero-order valence-electron chi connectivity index (χ0n) is 11.1. The van der Waals surface area contributed by atoms with E-state index in [1.165, 1.54) is 6.07 Å². The molecular weight excluding hydrogens is 382 g/mol. The molecule has 0 amide bonds. The Balaban J connectivity index is 2.28. The normalized spacial score (nSPS) is 10.5. The summed E-state index contributed by atoms with van der Waals surface area (Å²) in [5.41, 5.74) is 0. The van der Waals surface area contributed by atoms with Gasteiger partial charge < -0.3 is 10.1 Å². The Morgan fingerprint density at radius 1 is 1.29 bits per heavy atom. The maximum atomic E-state index is 13.5. The van der Waals surface area contributed by atoms with E-state index in [-0.39, 0.29) is 10.9 Å². The zero-order valence-corrected chi connectivity index (χ0v) is 14.2. The molecule has 0 spiro atoms. The van der Waals surface area contributed by atoms with Gasteiger partial charge >= 0.3 is 0 Å². The number of hydrogen-bond donors (Lipinski definition) is 1. The van der Waals surface area contributed by atoms with Crippen LogP contribution in [0.15, 0.2) is 28.7 Å². The molecule has 2 rings (SSSR count). The highest BCUT2D eigenvalue weighted by Gasteiger charge is 2.12. The molecule has 1 aromatic carbocycles. The van der Waals surface area contributed by atoms with Crippen LogP contribution in [0, 0.1) is 5.82 Å². The van der Waals surface area contributed by atoms with E-state index >= 15 is 0 Å². The lowest BCUT2D eigenvalue weighted by Crippen LogP contribution is -2.03. The second-order valence-electron chi connectivity index (χ2n) is 4.21. The van der Waals surface area contributed by atoms with E-state index in [0.29, 0.717) is 21.1 Å². The lowest BCUT2D eigenvalue weighted by Gasteiger charge is -2.11. The first-order valence-corrected chi connectivity index (χ1v) is 7.79. The van der Waals surface area contributed by atoms with Crippen LogP contribution in [0.4, 0.5) is 10.2 Å². The molecule has 1 N–H and O–H groups in total. The Hall–Kier alpha value is -1.04. The number of nitrogens with zero attached hydrogens (tertiary/aromatic N) is 1. The fraction of sp³-hybridized carbons (Fsp3) is 0.214. The predicted molar refractivity (Wildman–Crippen MR) is 87.2 cm³/mol. The van der Waals surface area contributed by atoms with Crippen LogP contribution in [-0.4, -0.2) is 11.5 Å². The predicted octanol–water partition coefficient (Wildman–Crippen LogP) is 5.90. The van der Waals surface area contributed by atoms with Gasteiger partial charge in [0.1, 0.15) is 22.4 Å². The van der Waals surface area contributed by atoms with E-state index in [1.54, 1.807) is 18.2 Å². The van der Waals surface area contributed by atoms with Crippen LogP contribution in [-0.2, 0) is 0 Å². The van der Waals surface area contributed by atoms with Gasteiger partial charge in [0.15, 0.2) is 0 Å². The molecule has 0 saturated heterocycles. The second-order valence-corrected chi connectivity index (χ2v) is 5.88. The van der Waals surface area contributed by atoms with Crippen LogP contribution in [0.3, 0.4) is 0 Å². The van der Waals surface area contributed by atoms with Crippen LogP contribution >= 0.6 is 39.1 Å². The highest BCUT2D eigenvalue weighted by atomic mass is 79.9. The average molecular weight is 394 g/mol. The molecule has 0 fully saturated rings. The first kappa shape index (κ1) is 16.3. The van der Waals surface area contributed by atoms with Gasteiger partial charge in [-0.1, -0.05) is 30.1 Å². The van der Waals surface area contributed by atoms with Crippen molar-refractivity contribution in [2.45, 2.75) is 13.3 Å². The Morgan fingerprint density at radius 3 is 2.71 bits per heavy atom. The fourth-order valence-corrected chi connectivity index (χ4v) is 2.25. The molecule has 0 saturated carbocycles. The quantitative estimate of drug-likeness (QED) is 0.686. The first-order chi connectivity index (χ1) is 10.0. The van der Waals surface area contributed by atoms with Gasteiger partial charge in [0.05, 0.1) is 9.50 Å². The fourth-order valence-electron chi connectivity index (χ4n) is 1.54. The van der Waals surface area contributed by atoms with Crippen molar-refractivity contribution < 1.29 is 9.13 Å². The van der Waals surface area contributed by atoms with E-state index < -0.39 is 5.82 Å². The third kappa shape index (κ3) is 4.22. The van der Waals surface area contributed by atoms with Crippen molar-refractivity contribution in [2.75, 3.05) is 11.9 Å². The minimum Gasteiger partial charge on any atom is -0.437 e. The second kappa shape index (κ2) is 7.29. The molecule has 7 heteroatoms. The molecule has 112 valence electrons. The Kier molecular flexibility index (Phi) is 5.67. The topological polar surface area (TPSA) is 34.2 Å². The van der Waals surface area contributed by atoms with E-state index in [2.05, 4.69) is 26.2 Å². The highest BCUT2D eigenvalue weighted by molar-refractivity contribution is 9.10. The molecule has 0 atom stereocenters. The molecule has 0 aliphatic rings. The number of benzene rings is 1. The summed E-state index contributed by atoms with van der Waals surface area (Å²) in [7, 11) is 0. The van der Waals surface area contributed by atoms with Crippen LogP contribution in [0.5, 0.6) is 11.6 Å². The van der Waals surface area contributed by atoms with E-state index in [0.717, 1.165) is 13.0 Å². The van der Waals surface area contributed by atoms with Crippen molar-refractivity contribution in [1.29, 1.82) is 0 Å². The van der Waals surface area contributed by atoms with E-state index in [4.69, 9.17) is 27.9 Å². The van der Waals surface area contributed by atoms with Crippen molar-refractivity contribution in [3.05, 3.63) is 44.6 Å². The summed E-state index contributed by atoms with van der Waals surface area (Å²) < 4.78 is 19.4. The van der Waals surface area contributed by atoms with Gasteiger partial charge in [-0.3, -0.25) is 0 Å². The van der Waals surface area contributed by atoms with Gasteiger partial charge in [0.2, 0.25) is 5.88 Å². The molecule has 2 aromatic rings. The minimum atomic E-state index is -0.429. The first-order valence-electron chi connectivity index (χ1n) is 6.24. The molecule has 0 radical (unpaired) electrons. The van der Waals surface area contributed by atoms with Crippen molar-refractivity contribution in [3.8, 4) is 11.6 Å². The number of ether oxygens (including phenoxy) is 1. The van der Waals surface area contributed by atoms with Crippen molar-refractivity contribution in [3.63, 3.8) is 0 Å². The summed E-state index contributed by atoms with van der Waals surface area (Å²) in [6.07, 6.45) is 0.925. The molecule has 3 nitrogen and oxygen atoms in total. The Morgan fingerprint density at radius 2 is 2.05 bits per heavy atom. The SMILES string of the molecule is CCCNc1nc(Oc2ccc(Br)c(F)c2)c(Cl)cc1Cl. The molecule has 0 unspecified atom stereocenters. The van der Waals surface area contributed by atoms with Gasteiger partial charge in [-0.2, -0.15) is 4.98 Å². The van der Waals surface area contributed by atoms with Crippen molar-refractivity contribution >= 4 is 44.9 Å². The number of pyridine rings is 1. The summed E-state index contributed by atoms with van der Waals surface area (Å²) in [5.74, 6) is 0.521. The summed E-state index contributed by atoms with van der Waals surface area (Å²) in [6.45, 7) is 2.75. The maximum Gasteiger partial charge on any atom is 0.240 e. The molecule has 1 heterocycles. The number of halogens is 4. The molecular formula is C14H12BrCl2FN2O. The van der Waals surface area contributed by atoms with Crippen LogP contribution < -0.4 is 10.1 Å². The van der Waals surface area contributed by atoms with Gasteiger partial charge in [0, 0.05) is 12.6 Å². The lowest BCUT2D eigenvalue weighted by molar-refractivity contribution is 0.458. The number of nitrogens with one attached hydrogen (secondary N) is 1. The number of hydrogen-bond acceptors (Lipinski definition) is 3. The number of rotatable bonds is 5. The number of aromatic nitrogens is 1. The lowest BCUT2D eigenvalue weighted by atomic mass is 10.3. The summed E-state index contributed by atoms with van der Waals surface area (Å²) in [6, 6.07) is 5.94. The highest BCUT2D eigenvalue weighted by Crippen LogP contribution is 2.34. The standard InChI is InChI=1S/C14H12BrCl2FN2O/c1-2-5-19-13-10(16)7-11(17)14(20-13)21-8-3-4-9(15)12(18)6-8/h3-4,6-7H,2,5H2,1H3,(H,19,20). The smallest absolute Gasteiger partial charge is 0.240 e. The van der Waals surface area contributed by atoms with Gasteiger partial charge in [-0.25, -0.2) is 4.39 Å².